The standard InChI is InChI=1S/C16H22FNO3/c1-11(2)10-14(16(20)21-3)18-15(19)9-8-12-6-4-5-7-13(12)17/h4-7,11,14H,8-10H2,1-3H3,(H,18,19). The molecular formula is C16H22FNO3. The molecule has 1 aromatic carbocycles. The van der Waals surface area contributed by atoms with Crippen LogP contribution in [0.1, 0.15) is 32.3 Å². The van der Waals surface area contributed by atoms with Crippen LogP contribution in [0.25, 0.3) is 0 Å². The zero-order valence-corrected chi connectivity index (χ0v) is 12.7. The Balaban J connectivity index is 2.54. The molecule has 0 fully saturated rings. The van der Waals surface area contributed by atoms with Gasteiger partial charge in [-0.25, -0.2) is 9.18 Å². The van der Waals surface area contributed by atoms with Gasteiger partial charge in [0.1, 0.15) is 11.9 Å². The number of carbonyl (C=O) groups excluding carboxylic acids is 2. The number of hydrogen-bond acceptors (Lipinski definition) is 3. The maximum atomic E-state index is 13.5. The molecule has 4 nitrogen and oxygen atoms in total. The van der Waals surface area contributed by atoms with Crippen molar-refractivity contribution in [1.29, 1.82) is 0 Å². The third kappa shape index (κ3) is 5.94. The summed E-state index contributed by atoms with van der Waals surface area (Å²) in [5, 5.41) is 2.65. The van der Waals surface area contributed by atoms with Gasteiger partial charge in [-0.1, -0.05) is 32.0 Å². The number of amides is 1. The first-order valence-electron chi connectivity index (χ1n) is 7.04. The maximum absolute atomic E-state index is 13.5. The molecule has 0 heterocycles. The second-order valence-electron chi connectivity index (χ2n) is 5.36. The summed E-state index contributed by atoms with van der Waals surface area (Å²) in [6, 6.07) is 5.70. The van der Waals surface area contributed by atoms with Crippen LogP contribution in [0.15, 0.2) is 24.3 Å². The van der Waals surface area contributed by atoms with Crippen LogP contribution in [0.5, 0.6) is 0 Å². The van der Waals surface area contributed by atoms with Gasteiger partial charge in [-0.2, -0.15) is 0 Å². The van der Waals surface area contributed by atoms with Gasteiger partial charge in [0.25, 0.3) is 0 Å². The average molecular weight is 295 g/mol. The second-order valence-corrected chi connectivity index (χ2v) is 5.36. The molecule has 0 aromatic heterocycles. The lowest BCUT2D eigenvalue weighted by Gasteiger charge is -2.18. The monoisotopic (exact) mass is 295 g/mol. The van der Waals surface area contributed by atoms with Crippen LogP contribution in [-0.2, 0) is 20.7 Å². The predicted octanol–water partition coefficient (Wildman–Crippen LogP) is 2.46. The van der Waals surface area contributed by atoms with Crippen LogP contribution in [0.2, 0.25) is 0 Å². The van der Waals surface area contributed by atoms with Gasteiger partial charge >= 0.3 is 5.97 Å². The first kappa shape index (κ1) is 17.1. The number of aryl methyl sites for hydroxylation is 1. The molecule has 1 aromatic rings. The Bertz CT molecular complexity index is 488. The van der Waals surface area contributed by atoms with Crippen molar-refractivity contribution in [3.05, 3.63) is 35.6 Å². The highest BCUT2D eigenvalue weighted by atomic mass is 19.1. The molecule has 116 valence electrons. The molecule has 5 heteroatoms. The van der Waals surface area contributed by atoms with Crippen LogP contribution in [0.3, 0.4) is 0 Å². The lowest BCUT2D eigenvalue weighted by atomic mass is 10.0. The van der Waals surface area contributed by atoms with Gasteiger partial charge in [0.15, 0.2) is 0 Å². The van der Waals surface area contributed by atoms with Gasteiger partial charge in [-0.05, 0) is 30.4 Å². The summed E-state index contributed by atoms with van der Waals surface area (Å²) in [6.07, 6.45) is 0.943. The molecule has 0 aliphatic rings. The smallest absolute Gasteiger partial charge is 0.328 e. The Hall–Kier alpha value is -1.91. The summed E-state index contributed by atoms with van der Waals surface area (Å²) < 4.78 is 18.1. The number of ether oxygens (including phenoxy) is 1. The molecule has 1 rings (SSSR count). The molecule has 1 amide bonds. The quantitative estimate of drug-likeness (QED) is 0.786. The average Bonchev–Trinajstić information content (AvgIpc) is 2.44. The van der Waals surface area contributed by atoms with Crippen molar-refractivity contribution in [1.82, 2.24) is 5.32 Å². The number of halogens is 1. The summed E-state index contributed by atoms with van der Waals surface area (Å²) in [4.78, 5) is 23.5. The molecule has 0 radical (unpaired) electrons. The number of benzene rings is 1. The highest BCUT2D eigenvalue weighted by Crippen LogP contribution is 2.10. The van der Waals surface area contributed by atoms with Crippen LogP contribution in [0.4, 0.5) is 4.39 Å². The summed E-state index contributed by atoms with van der Waals surface area (Å²) >= 11 is 0. The Labute approximate surface area is 124 Å². The molecule has 0 saturated carbocycles. The normalized spacial score (nSPS) is 12.0. The van der Waals surface area contributed by atoms with Crippen molar-refractivity contribution < 1.29 is 18.7 Å². The van der Waals surface area contributed by atoms with Crippen molar-refractivity contribution in [3.8, 4) is 0 Å². The van der Waals surface area contributed by atoms with E-state index in [9.17, 15) is 14.0 Å². The van der Waals surface area contributed by atoms with Crippen molar-refractivity contribution in [2.45, 2.75) is 39.2 Å². The fourth-order valence-electron chi connectivity index (χ4n) is 2.04. The van der Waals surface area contributed by atoms with Gasteiger partial charge in [-0.3, -0.25) is 4.79 Å². The Morgan fingerprint density at radius 3 is 2.52 bits per heavy atom. The minimum Gasteiger partial charge on any atom is -0.467 e. The molecule has 0 aliphatic carbocycles. The molecule has 0 spiro atoms. The van der Waals surface area contributed by atoms with Crippen LogP contribution >= 0.6 is 0 Å². The third-order valence-electron chi connectivity index (χ3n) is 3.11. The number of esters is 1. The maximum Gasteiger partial charge on any atom is 0.328 e. The van der Waals surface area contributed by atoms with E-state index in [4.69, 9.17) is 0 Å². The van der Waals surface area contributed by atoms with E-state index in [0.717, 1.165) is 0 Å². The molecule has 0 aliphatic heterocycles. The van der Waals surface area contributed by atoms with E-state index in [1.165, 1.54) is 13.2 Å². The largest absolute Gasteiger partial charge is 0.467 e. The van der Waals surface area contributed by atoms with Gasteiger partial charge in [0, 0.05) is 6.42 Å². The van der Waals surface area contributed by atoms with E-state index in [1.54, 1.807) is 18.2 Å². The van der Waals surface area contributed by atoms with Crippen molar-refractivity contribution in [2.24, 2.45) is 5.92 Å². The van der Waals surface area contributed by atoms with E-state index < -0.39 is 12.0 Å². The molecule has 21 heavy (non-hydrogen) atoms. The van der Waals surface area contributed by atoms with Crippen molar-refractivity contribution in [3.63, 3.8) is 0 Å². The van der Waals surface area contributed by atoms with Crippen LogP contribution in [-0.4, -0.2) is 25.0 Å². The highest BCUT2D eigenvalue weighted by molar-refractivity contribution is 5.84. The first-order chi connectivity index (χ1) is 9.93. The highest BCUT2D eigenvalue weighted by Gasteiger charge is 2.22. The van der Waals surface area contributed by atoms with Crippen molar-refractivity contribution in [2.75, 3.05) is 7.11 Å². The minimum absolute atomic E-state index is 0.131. The SMILES string of the molecule is COC(=O)C(CC(C)C)NC(=O)CCc1ccccc1F. The Kier molecular flexibility index (Phi) is 6.85. The molecular weight excluding hydrogens is 273 g/mol. The fraction of sp³-hybridized carbons (Fsp3) is 0.500. The third-order valence-corrected chi connectivity index (χ3v) is 3.11. The zero-order chi connectivity index (χ0) is 15.8. The molecule has 1 atom stereocenters. The van der Waals surface area contributed by atoms with Crippen molar-refractivity contribution >= 4 is 11.9 Å². The van der Waals surface area contributed by atoms with E-state index in [1.807, 2.05) is 13.8 Å². The van der Waals surface area contributed by atoms with E-state index in [2.05, 4.69) is 10.1 Å². The minimum atomic E-state index is -0.650. The number of carbonyl (C=O) groups is 2. The molecule has 1 unspecified atom stereocenters. The predicted molar refractivity (Wildman–Crippen MR) is 78.1 cm³/mol. The first-order valence-corrected chi connectivity index (χ1v) is 7.04. The summed E-state index contributed by atoms with van der Waals surface area (Å²) in [7, 11) is 1.29. The van der Waals surface area contributed by atoms with Gasteiger partial charge < -0.3 is 10.1 Å². The van der Waals surface area contributed by atoms with Gasteiger partial charge in [0.05, 0.1) is 7.11 Å². The summed E-state index contributed by atoms with van der Waals surface area (Å²) in [6.45, 7) is 3.92. The summed E-state index contributed by atoms with van der Waals surface area (Å²) in [5.74, 6) is -0.810. The van der Waals surface area contributed by atoms with Gasteiger partial charge in [-0.15, -0.1) is 0 Å². The summed E-state index contributed by atoms with van der Waals surface area (Å²) in [5.41, 5.74) is 0.492. The van der Waals surface area contributed by atoms with Gasteiger partial charge in [0.2, 0.25) is 5.91 Å². The van der Waals surface area contributed by atoms with Crippen LogP contribution < -0.4 is 5.32 Å². The lowest BCUT2D eigenvalue weighted by Crippen LogP contribution is -2.42. The number of hydrogen-bond donors (Lipinski definition) is 1. The van der Waals surface area contributed by atoms with Crippen LogP contribution in [0, 0.1) is 11.7 Å². The van der Waals surface area contributed by atoms with E-state index >= 15 is 0 Å². The Morgan fingerprint density at radius 1 is 1.29 bits per heavy atom. The number of rotatable bonds is 7. The number of methoxy groups -OCH3 is 1. The fourth-order valence-corrected chi connectivity index (χ4v) is 2.04. The molecule has 0 bridgehead atoms. The van der Waals surface area contributed by atoms with E-state index in [-0.39, 0.29) is 24.1 Å². The molecule has 0 saturated heterocycles. The Morgan fingerprint density at radius 2 is 1.95 bits per heavy atom. The number of nitrogens with one attached hydrogen (secondary N) is 1. The van der Waals surface area contributed by atoms with E-state index in [0.29, 0.717) is 18.4 Å². The molecule has 1 N–H and O–H groups in total. The second kappa shape index (κ2) is 8.39. The zero-order valence-electron chi connectivity index (χ0n) is 12.7. The topological polar surface area (TPSA) is 55.4 Å². The lowest BCUT2D eigenvalue weighted by molar-refractivity contribution is -0.145.